The van der Waals surface area contributed by atoms with Crippen LogP contribution in [-0.4, -0.2) is 23.0 Å². The molecular formula is C19H18Cl2F3N3O2. The summed E-state index contributed by atoms with van der Waals surface area (Å²) in [5, 5.41) is 2.99. The Kier molecular flexibility index (Phi) is 6.16. The Labute approximate surface area is 175 Å². The van der Waals surface area contributed by atoms with Crippen LogP contribution in [0.2, 0.25) is 10.0 Å². The van der Waals surface area contributed by atoms with Crippen molar-refractivity contribution >= 4 is 34.2 Å². The van der Waals surface area contributed by atoms with Gasteiger partial charge in [-0.25, -0.2) is 0 Å². The van der Waals surface area contributed by atoms with Gasteiger partial charge in [0.2, 0.25) is 0 Å². The third kappa shape index (κ3) is 4.55. The van der Waals surface area contributed by atoms with Crippen molar-refractivity contribution in [3.63, 3.8) is 0 Å². The molecule has 5 nitrogen and oxygen atoms in total. The van der Waals surface area contributed by atoms with Crippen molar-refractivity contribution in [3.05, 3.63) is 45.9 Å². The number of rotatable bonds is 6. The number of hydrogen-bond donors (Lipinski definition) is 1. The number of benzene rings is 2. The SMILES string of the molecule is CCC(NC)c1cccc2nc(Oc3c(Cl)cc(OC(F)(F)F)cc3Cl)n(C)c12. The second-order valence-corrected chi connectivity index (χ2v) is 7.10. The first-order valence-corrected chi connectivity index (χ1v) is 9.45. The molecule has 1 heterocycles. The molecule has 1 aromatic heterocycles. The first kappa shape index (κ1) is 21.5. The van der Waals surface area contributed by atoms with Crippen LogP contribution in [-0.2, 0) is 7.05 Å². The van der Waals surface area contributed by atoms with Crippen molar-refractivity contribution < 1.29 is 22.6 Å². The number of imidazole rings is 1. The first-order chi connectivity index (χ1) is 13.6. The second-order valence-electron chi connectivity index (χ2n) is 6.28. The van der Waals surface area contributed by atoms with E-state index in [0.717, 1.165) is 29.6 Å². The van der Waals surface area contributed by atoms with Crippen LogP contribution in [0.4, 0.5) is 13.2 Å². The fraction of sp³-hybridized carbons (Fsp3) is 0.316. The van der Waals surface area contributed by atoms with Gasteiger partial charge in [0.05, 0.1) is 21.1 Å². The van der Waals surface area contributed by atoms with Gasteiger partial charge in [-0.05, 0) is 25.1 Å². The summed E-state index contributed by atoms with van der Waals surface area (Å²) in [6.45, 7) is 2.07. The summed E-state index contributed by atoms with van der Waals surface area (Å²) in [4.78, 5) is 4.47. The zero-order valence-electron chi connectivity index (χ0n) is 15.8. The van der Waals surface area contributed by atoms with Gasteiger partial charge in [-0.2, -0.15) is 4.98 Å². The zero-order chi connectivity index (χ0) is 21.3. The van der Waals surface area contributed by atoms with E-state index in [1.165, 1.54) is 0 Å². The molecule has 1 N–H and O–H groups in total. The number of fused-ring (bicyclic) bond motifs is 1. The van der Waals surface area contributed by atoms with E-state index in [9.17, 15) is 13.2 Å². The van der Waals surface area contributed by atoms with E-state index in [1.807, 2.05) is 25.2 Å². The number of aryl methyl sites for hydroxylation is 1. The lowest BCUT2D eigenvalue weighted by Gasteiger charge is -2.16. The summed E-state index contributed by atoms with van der Waals surface area (Å²) in [7, 11) is 3.66. The molecular weight excluding hydrogens is 430 g/mol. The lowest BCUT2D eigenvalue weighted by molar-refractivity contribution is -0.274. The van der Waals surface area contributed by atoms with Gasteiger partial charge in [0.25, 0.3) is 0 Å². The van der Waals surface area contributed by atoms with Crippen molar-refractivity contribution in [1.29, 1.82) is 0 Å². The van der Waals surface area contributed by atoms with Crippen molar-refractivity contribution in [3.8, 4) is 17.5 Å². The zero-order valence-corrected chi connectivity index (χ0v) is 17.3. The van der Waals surface area contributed by atoms with Gasteiger partial charge in [-0.15, -0.1) is 13.2 Å². The lowest BCUT2D eigenvalue weighted by atomic mass is 10.0. The lowest BCUT2D eigenvalue weighted by Crippen LogP contribution is -2.17. The molecule has 0 amide bonds. The predicted octanol–water partition coefficient (Wildman–Crippen LogP) is 6.24. The molecule has 0 aliphatic heterocycles. The standard InChI is InChI=1S/C19H18Cl2F3N3O2/c1-4-14(25-2)11-6-5-7-15-16(11)27(3)18(26-15)28-17-12(20)8-10(9-13(17)21)29-19(22,23)24/h5-9,14,25H,4H2,1-3H3. The van der Waals surface area contributed by atoms with Crippen LogP contribution in [0.1, 0.15) is 24.9 Å². The van der Waals surface area contributed by atoms with Crippen LogP contribution in [0, 0.1) is 0 Å². The molecule has 0 bridgehead atoms. The maximum atomic E-state index is 12.4. The molecule has 0 saturated carbocycles. The molecule has 0 aliphatic rings. The summed E-state index contributed by atoms with van der Waals surface area (Å²) in [5.74, 6) is -0.546. The van der Waals surface area contributed by atoms with Crippen LogP contribution in [0.5, 0.6) is 17.5 Å². The first-order valence-electron chi connectivity index (χ1n) is 8.69. The Hall–Kier alpha value is -2.16. The Morgan fingerprint density at radius 2 is 1.86 bits per heavy atom. The molecule has 156 valence electrons. The highest BCUT2D eigenvalue weighted by atomic mass is 35.5. The maximum Gasteiger partial charge on any atom is 0.573 e. The Morgan fingerprint density at radius 1 is 1.21 bits per heavy atom. The van der Waals surface area contributed by atoms with E-state index in [-0.39, 0.29) is 27.8 Å². The molecule has 1 unspecified atom stereocenters. The average Bonchev–Trinajstić information content (AvgIpc) is 2.94. The molecule has 10 heteroatoms. The smallest absolute Gasteiger partial charge is 0.422 e. The molecule has 2 aromatic carbocycles. The van der Waals surface area contributed by atoms with E-state index in [2.05, 4.69) is 22.0 Å². The van der Waals surface area contributed by atoms with Crippen molar-refractivity contribution in [1.82, 2.24) is 14.9 Å². The van der Waals surface area contributed by atoms with Gasteiger partial charge in [-0.3, -0.25) is 4.57 Å². The number of nitrogens with one attached hydrogen (secondary N) is 1. The van der Waals surface area contributed by atoms with E-state index in [4.69, 9.17) is 27.9 Å². The fourth-order valence-electron chi connectivity index (χ4n) is 3.15. The fourth-order valence-corrected chi connectivity index (χ4v) is 3.69. The number of para-hydroxylation sites is 1. The van der Waals surface area contributed by atoms with Gasteiger partial charge < -0.3 is 14.8 Å². The predicted molar refractivity (Wildman–Crippen MR) is 106 cm³/mol. The van der Waals surface area contributed by atoms with Gasteiger partial charge in [-0.1, -0.05) is 42.3 Å². The normalized spacial score (nSPS) is 13.0. The minimum atomic E-state index is -4.86. The van der Waals surface area contributed by atoms with Crippen LogP contribution < -0.4 is 14.8 Å². The minimum Gasteiger partial charge on any atom is -0.422 e. The second kappa shape index (κ2) is 8.30. The van der Waals surface area contributed by atoms with E-state index in [1.54, 1.807) is 11.6 Å². The minimum absolute atomic E-state index is 0.0107. The highest BCUT2D eigenvalue weighted by Gasteiger charge is 2.32. The molecule has 0 fully saturated rings. The topological polar surface area (TPSA) is 48.3 Å². The maximum absolute atomic E-state index is 12.4. The van der Waals surface area contributed by atoms with Crippen molar-refractivity contribution in [2.45, 2.75) is 25.7 Å². The average molecular weight is 448 g/mol. The number of halogens is 5. The molecule has 0 spiro atoms. The molecule has 1 atom stereocenters. The van der Waals surface area contributed by atoms with E-state index >= 15 is 0 Å². The van der Waals surface area contributed by atoms with Crippen LogP contribution in [0.3, 0.4) is 0 Å². The van der Waals surface area contributed by atoms with Crippen molar-refractivity contribution in [2.75, 3.05) is 7.05 Å². The molecule has 29 heavy (non-hydrogen) atoms. The highest BCUT2D eigenvalue weighted by Crippen LogP contribution is 2.41. The molecule has 0 radical (unpaired) electrons. The monoisotopic (exact) mass is 447 g/mol. The summed E-state index contributed by atoms with van der Waals surface area (Å²) >= 11 is 12.2. The number of nitrogens with zero attached hydrogens (tertiary/aromatic N) is 2. The summed E-state index contributed by atoms with van der Waals surface area (Å²) < 4.78 is 48.7. The number of aromatic nitrogens is 2. The number of alkyl halides is 3. The van der Waals surface area contributed by atoms with E-state index < -0.39 is 12.1 Å². The summed E-state index contributed by atoms with van der Waals surface area (Å²) in [5.41, 5.74) is 2.62. The summed E-state index contributed by atoms with van der Waals surface area (Å²) in [6.07, 6.45) is -3.98. The number of hydrogen-bond acceptors (Lipinski definition) is 4. The summed E-state index contributed by atoms with van der Waals surface area (Å²) in [6, 6.07) is 8.04. The van der Waals surface area contributed by atoms with Gasteiger partial charge in [0.1, 0.15) is 5.75 Å². The van der Waals surface area contributed by atoms with Gasteiger partial charge in [0.15, 0.2) is 5.75 Å². The van der Waals surface area contributed by atoms with Gasteiger partial charge in [0, 0.05) is 25.2 Å². The highest BCUT2D eigenvalue weighted by molar-refractivity contribution is 6.37. The van der Waals surface area contributed by atoms with Crippen molar-refractivity contribution in [2.24, 2.45) is 7.05 Å². The van der Waals surface area contributed by atoms with Crippen LogP contribution in [0.15, 0.2) is 30.3 Å². The Balaban J connectivity index is 2.01. The molecule has 0 saturated heterocycles. The molecule has 3 aromatic rings. The van der Waals surface area contributed by atoms with Crippen LogP contribution >= 0.6 is 23.2 Å². The molecule has 0 aliphatic carbocycles. The molecule has 3 rings (SSSR count). The quantitative estimate of drug-likeness (QED) is 0.485. The van der Waals surface area contributed by atoms with Crippen LogP contribution in [0.25, 0.3) is 11.0 Å². The largest absolute Gasteiger partial charge is 0.573 e. The number of ether oxygens (including phenoxy) is 2. The van der Waals surface area contributed by atoms with E-state index in [0.29, 0.717) is 5.52 Å². The Morgan fingerprint density at radius 3 is 2.41 bits per heavy atom. The van der Waals surface area contributed by atoms with Gasteiger partial charge >= 0.3 is 12.4 Å². The third-order valence-electron chi connectivity index (χ3n) is 4.42. The third-order valence-corrected chi connectivity index (χ3v) is 4.98. The Bertz CT molecular complexity index is 1010.